The molecule has 110 valence electrons. The molecule has 0 fully saturated rings. The van der Waals surface area contributed by atoms with Crippen molar-refractivity contribution in [2.45, 2.75) is 45.7 Å². The quantitative estimate of drug-likeness (QED) is 0.748. The van der Waals surface area contributed by atoms with Crippen molar-refractivity contribution in [3.05, 3.63) is 23.7 Å². The van der Waals surface area contributed by atoms with Crippen LogP contribution in [0, 0.1) is 0 Å². The maximum Gasteiger partial charge on any atom is 0.122 e. The summed E-state index contributed by atoms with van der Waals surface area (Å²) in [5.74, 6) is 1.99. The van der Waals surface area contributed by atoms with E-state index in [2.05, 4.69) is 31.7 Å². The topological polar surface area (TPSA) is 51.6 Å². The zero-order valence-electron chi connectivity index (χ0n) is 12.7. The highest BCUT2D eigenvalue weighted by atomic mass is 16.5. The molecule has 0 bridgehead atoms. The highest BCUT2D eigenvalue weighted by Crippen LogP contribution is 2.25. The van der Waals surface area contributed by atoms with E-state index >= 15 is 0 Å². The molecule has 19 heavy (non-hydrogen) atoms. The molecule has 0 saturated heterocycles. The molecule has 0 aliphatic carbocycles. The van der Waals surface area contributed by atoms with Gasteiger partial charge in [0.05, 0.1) is 12.6 Å². The Morgan fingerprint density at radius 1 is 1.37 bits per heavy atom. The van der Waals surface area contributed by atoms with Crippen LogP contribution < -0.4 is 5.73 Å². The molecule has 0 amide bonds. The zero-order valence-corrected chi connectivity index (χ0v) is 12.7. The minimum atomic E-state index is 0.130. The Hall–Kier alpha value is -0.840. The summed E-state index contributed by atoms with van der Waals surface area (Å²) in [7, 11) is 1.73. The van der Waals surface area contributed by atoms with Crippen LogP contribution in [0.4, 0.5) is 0 Å². The standard InChI is InChI=1S/C15H28N2O2/c1-5-12(3)17(9-10-18-4)14(11-16)15-8-7-13(6-2)19-15/h7-8,12,14H,5-6,9-11,16H2,1-4H3. The number of ether oxygens (including phenoxy) is 1. The van der Waals surface area contributed by atoms with Crippen molar-refractivity contribution in [1.82, 2.24) is 4.90 Å². The second-order valence-electron chi connectivity index (χ2n) is 4.90. The highest BCUT2D eigenvalue weighted by Gasteiger charge is 2.25. The molecule has 4 nitrogen and oxygen atoms in total. The summed E-state index contributed by atoms with van der Waals surface area (Å²) in [5, 5.41) is 0. The molecule has 0 radical (unpaired) electrons. The molecule has 1 aromatic heterocycles. The number of hydrogen-bond donors (Lipinski definition) is 1. The average Bonchev–Trinajstić information content (AvgIpc) is 2.91. The van der Waals surface area contributed by atoms with Crippen molar-refractivity contribution in [3.63, 3.8) is 0 Å². The molecule has 0 aliphatic rings. The van der Waals surface area contributed by atoms with Gasteiger partial charge in [-0.2, -0.15) is 0 Å². The maximum atomic E-state index is 5.98. The number of nitrogens with two attached hydrogens (primary N) is 1. The van der Waals surface area contributed by atoms with Gasteiger partial charge >= 0.3 is 0 Å². The van der Waals surface area contributed by atoms with E-state index in [0.29, 0.717) is 19.2 Å². The third-order valence-corrected chi connectivity index (χ3v) is 3.69. The first-order valence-corrected chi connectivity index (χ1v) is 7.21. The summed E-state index contributed by atoms with van der Waals surface area (Å²) in [6.45, 7) is 8.65. The molecule has 1 aromatic rings. The van der Waals surface area contributed by atoms with Gasteiger partial charge in [-0.3, -0.25) is 4.90 Å². The van der Waals surface area contributed by atoms with Gasteiger partial charge in [-0.15, -0.1) is 0 Å². The number of furan rings is 1. The van der Waals surface area contributed by atoms with Gasteiger partial charge in [0.2, 0.25) is 0 Å². The molecule has 2 unspecified atom stereocenters. The summed E-state index contributed by atoms with van der Waals surface area (Å²) >= 11 is 0. The Morgan fingerprint density at radius 3 is 2.58 bits per heavy atom. The predicted octanol–water partition coefficient (Wildman–Crippen LogP) is 2.59. The van der Waals surface area contributed by atoms with Gasteiger partial charge in [0.15, 0.2) is 0 Å². The van der Waals surface area contributed by atoms with Crippen LogP contribution in [-0.2, 0) is 11.2 Å². The Bertz CT molecular complexity index is 352. The molecule has 0 aliphatic heterocycles. The fourth-order valence-corrected chi connectivity index (χ4v) is 2.29. The minimum Gasteiger partial charge on any atom is -0.464 e. The van der Waals surface area contributed by atoms with E-state index in [0.717, 1.165) is 30.9 Å². The van der Waals surface area contributed by atoms with Gasteiger partial charge in [-0.25, -0.2) is 0 Å². The van der Waals surface area contributed by atoms with Crippen LogP contribution in [0.3, 0.4) is 0 Å². The van der Waals surface area contributed by atoms with Gasteiger partial charge in [0.1, 0.15) is 11.5 Å². The lowest BCUT2D eigenvalue weighted by atomic mass is 10.1. The summed E-state index contributed by atoms with van der Waals surface area (Å²) in [5.41, 5.74) is 5.98. The molecular weight excluding hydrogens is 240 g/mol. The molecule has 0 saturated carbocycles. The van der Waals surface area contributed by atoms with E-state index in [9.17, 15) is 0 Å². The summed E-state index contributed by atoms with van der Waals surface area (Å²) in [6, 6.07) is 4.69. The molecule has 1 heterocycles. The second-order valence-corrected chi connectivity index (χ2v) is 4.90. The molecule has 0 spiro atoms. The van der Waals surface area contributed by atoms with Gasteiger partial charge in [0, 0.05) is 32.7 Å². The van der Waals surface area contributed by atoms with Crippen LogP contribution >= 0.6 is 0 Å². The van der Waals surface area contributed by atoms with E-state index in [-0.39, 0.29) is 6.04 Å². The largest absolute Gasteiger partial charge is 0.464 e. The molecule has 1 rings (SSSR count). The van der Waals surface area contributed by atoms with Crippen LogP contribution in [0.2, 0.25) is 0 Å². The SMILES string of the molecule is CCc1ccc(C(CN)N(CCOC)C(C)CC)o1. The molecule has 2 N–H and O–H groups in total. The summed E-state index contributed by atoms with van der Waals surface area (Å²) in [4.78, 5) is 2.38. The van der Waals surface area contributed by atoms with Crippen molar-refractivity contribution in [1.29, 1.82) is 0 Å². The lowest BCUT2D eigenvalue weighted by Crippen LogP contribution is -2.41. The number of hydrogen-bond acceptors (Lipinski definition) is 4. The normalized spacial score (nSPS) is 14.8. The number of nitrogens with zero attached hydrogens (tertiary/aromatic N) is 1. The fraction of sp³-hybridized carbons (Fsp3) is 0.733. The third kappa shape index (κ3) is 4.34. The molecule has 4 heteroatoms. The van der Waals surface area contributed by atoms with Crippen molar-refractivity contribution in [2.24, 2.45) is 5.73 Å². The number of methoxy groups -OCH3 is 1. The van der Waals surface area contributed by atoms with E-state index in [1.165, 1.54) is 0 Å². The van der Waals surface area contributed by atoms with Crippen LogP contribution in [0.5, 0.6) is 0 Å². The average molecular weight is 268 g/mol. The lowest BCUT2D eigenvalue weighted by Gasteiger charge is -2.34. The first-order chi connectivity index (χ1) is 9.17. The van der Waals surface area contributed by atoms with Crippen molar-refractivity contribution >= 4 is 0 Å². The van der Waals surface area contributed by atoms with E-state index < -0.39 is 0 Å². The van der Waals surface area contributed by atoms with Gasteiger partial charge in [0.25, 0.3) is 0 Å². The van der Waals surface area contributed by atoms with E-state index in [4.69, 9.17) is 14.9 Å². The smallest absolute Gasteiger partial charge is 0.122 e. The van der Waals surface area contributed by atoms with Crippen molar-refractivity contribution in [2.75, 3.05) is 26.8 Å². The Morgan fingerprint density at radius 2 is 2.11 bits per heavy atom. The van der Waals surface area contributed by atoms with Gasteiger partial charge in [-0.1, -0.05) is 13.8 Å². The first kappa shape index (κ1) is 16.2. The molecular formula is C15H28N2O2. The van der Waals surface area contributed by atoms with Gasteiger partial charge < -0.3 is 14.9 Å². The van der Waals surface area contributed by atoms with Crippen molar-refractivity contribution < 1.29 is 9.15 Å². The van der Waals surface area contributed by atoms with Crippen LogP contribution in [-0.4, -0.2) is 37.7 Å². The zero-order chi connectivity index (χ0) is 14.3. The Kier molecular flexibility index (Phi) is 7.13. The number of aryl methyl sites for hydroxylation is 1. The highest BCUT2D eigenvalue weighted by molar-refractivity contribution is 5.11. The predicted molar refractivity (Wildman–Crippen MR) is 78.2 cm³/mol. The van der Waals surface area contributed by atoms with Crippen molar-refractivity contribution in [3.8, 4) is 0 Å². The van der Waals surface area contributed by atoms with Gasteiger partial charge in [-0.05, 0) is 25.5 Å². The van der Waals surface area contributed by atoms with E-state index in [1.807, 2.05) is 6.07 Å². The Labute approximate surface area is 116 Å². The molecule has 2 atom stereocenters. The van der Waals surface area contributed by atoms with E-state index in [1.54, 1.807) is 7.11 Å². The monoisotopic (exact) mass is 268 g/mol. The summed E-state index contributed by atoms with van der Waals surface area (Å²) < 4.78 is 11.1. The summed E-state index contributed by atoms with van der Waals surface area (Å²) in [6.07, 6.45) is 2.00. The second kappa shape index (κ2) is 8.35. The van der Waals surface area contributed by atoms with Crippen LogP contribution in [0.1, 0.15) is 44.8 Å². The maximum absolute atomic E-state index is 5.98. The van der Waals surface area contributed by atoms with Crippen LogP contribution in [0.15, 0.2) is 16.5 Å². The van der Waals surface area contributed by atoms with Crippen LogP contribution in [0.25, 0.3) is 0 Å². The lowest BCUT2D eigenvalue weighted by molar-refractivity contribution is 0.0810. The molecule has 0 aromatic carbocycles. The Balaban J connectivity index is 2.87. The first-order valence-electron chi connectivity index (χ1n) is 7.21. The fourth-order valence-electron chi connectivity index (χ4n) is 2.29. The third-order valence-electron chi connectivity index (χ3n) is 3.69. The number of rotatable bonds is 9. The minimum absolute atomic E-state index is 0.130.